The fourth-order valence-electron chi connectivity index (χ4n) is 2.42. The lowest BCUT2D eigenvalue weighted by Crippen LogP contribution is -2.46. The average Bonchev–Trinajstić information content (AvgIpc) is 2.53. The lowest BCUT2D eigenvalue weighted by atomic mass is 9.97. The van der Waals surface area contributed by atoms with E-state index in [1.54, 1.807) is 4.90 Å². The van der Waals surface area contributed by atoms with Gasteiger partial charge in [-0.25, -0.2) is 4.79 Å². The molecule has 132 valence electrons. The van der Waals surface area contributed by atoms with Crippen LogP contribution in [0.4, 0.5) is 4.79 Å². The zero-order chi connectivity index (χ0) is 17.7. The van der Waals surface area contributed by atoms with Gasteiger partial charge in [-0.2, -0.15) is 0 Å². The van der Waals surface area contributed by atoms with E-state index in [0.29, 0.717) is 46.7 Å². The predicted molar refractivity (Wildman–Crippen MR) is 92.3 cm³/mol. The first kappa shape index (κ1) is 19.0. The SMILES string of the molecule is O=C(O)C1CCN(C(=O)NCCOc2c(Cl)cc(Cl)cc2Cl)CC1. The molecule has 0 saturated carbocycles. The molecular formula is C15H17Cl3N2O4. The summed E-state index contributed by atoms with van der Waals surface area (Å²) < 4.78 is 5.48. The maximum atomic E-state index is 12.0. The fourth-order valence-corrected chi connectivity index (χ4v) is 3.35. The summed E-state index contributed by atoms with van der Waals surface area (Å²) >= 11 is 17.8. The molecule has 0 unspecified atom stereocenters. The summed E-state index contributed by atoms with van der Waals surface area (Å²) in [6.45, 7) is 1.32. The van der Waals surface area contributed by atoms with Crippen LogP contribution in [0.25, 0.3) is 0 Å². The molecule has 1 aliphatic heterocycles. The maximum absolute atomic E-state index is 12.0. The summed E-state index contributed by atoms with van der Waals surface area (Å²) in [5.74, 6) is -0.856. The molecule has 24 heavy (non-hydrogen) atoms. The quantitative estimate of drug-likeness (QED) is 0.748. The molecule has 1 saturated heterocycles. The van der Waals surface area contributed by atoms with E-state index in [9.17, 15) is 9.59 Å². The molecule has 1 heterocycles. The zero-order valence-electron chi connectivity index (χ0n) is 12.7. The van der Waals surface area contributed by atoms with Gasteiger partial charge in [-0.3, -0.25) is 4.79 Å². The monoisotopic (exact) mass is 394 g/mol. The standard InChI is InChI=1S/C15H17Cl3N2O4/c16-10-7-11(17)13(12(18)8-10)24-6-3-19-15(23)20-4-1-9(2-5-20)14(21)22/h7-9H,1-6H2,(H,19,23)(H,21,22). The Morgan fingerprint density at radius 2 is 1.79 bits per heavy atom. The van der Waals surface area contributed by atoms with Crippen LogP contribution < -0.4 is 10.1 Å². The highest BCUT2D eigenvalue weighted by molar-refractivity contribution is 6.40. The molecule has 0 aromatic heterocycles. The van der Waals surface area contributed by atoms with Gasteiger partial charge < -0.3 is 20.1 Å². The van der Waals surface area contributed by atoms with Crippen LogP contribution in [0.5, 0.6) is 5.75 Å². The highest BCUT2D eigenvalue weighted by atomic mass is 35.5. The Kier molecular flexibility index (Phi) is 6.83. The largest absolute Gasteiger partial charge is 0.489 e. The minimum Gasteiger partial charge on any atom is -0.489 e. The van der Waals surface area contributed by atoms with Gasteiger partial charge in [0.1, 0.15) is 6.61 Å². The van der Waals surface area contributed by atoms with Crippen LogP contribution in [0, 0.1) is 5.92 Å². The van der Waals surface area contributed by atoms with E-state index in [1.807, 2.05) is 0 Å². The minimum absolute atomic E-state index is 0.193. The van der Waals surface area contributed by atoms with Crippen molar-refractivity contribution in [3.63, 3.8) is 0 Å². The smallest absolute Gasteiger partial charge is 0.317 e. The number of nitrogens with zero attached hydrogens (tertiary/aromatic N) is 1. The second kappa shape index (κ2) is 8.65. The van der Waals surface area contributed by atoms with E-state index < -0.39 is 5.97 Å². The van der Waals surface area contributed by atoms with E-state index in [2.05, 4.69) is 5.32 Å². The van der Waals surface area contributed by atoms with Crippen molar-refractivity contribution < 1.29 is 19.4 Å². The molecule has 0 bridgehead atoms. The number of hydrogen-bond donors (Lipinski definition) is 2. The lowest BCUT2D eigenvalue weighted by Gasteiger charge is -2.30. The van der Waals surface area contributed by atoms with E-state index in [0.717, 1.165) is 0 Å². The number of carbonyl (C=O) groups is 2. The van der Waals surface area contributed by atoms with E-state index in [4.69, 9.17) is 44.6 Å². The molecule has 0 radical (unpaired) electrons. The van der Waals surface area contributed by atoms with Gasteiger partial charge in [0.2, 0.25) is 0 Å². The number of halogens is 3. The maximum Gasteiger partial charge on any atom is 0.317 e. The van der Waals surface area contributed by atoms with Gasteiger partial charge in [0.15, 0.2) is 5.75 Å². The van der Waals surface area contributed by atoms with Crippen molar-refractivity contribution in [2.45, 2.75) is 12.8 Å². The van der Waals surface area contributed by atoms with Crippen LogP contribution in [0.15, 0.2) is 12.1 Å². The summed E-state index contributed by atoms with van der Waals surface area (Å²) in [4.78, 5) is 24.5. The molecule has 1 aliphatic rings. The fraction of sp³-hybridized carbons (Fsp3) is 0.467. The number of ether oxygens (including phenoxy) is 1. The molecule has 1 aromatic rings. The third-order valence-electron chi connectivity index (χ3n) is 3.72. The highest BCUT2D eigenvalue weighted by Gasteiger charge is 2.26. The molecule has 0 spiro atoms. The van der Waals surface area contributed by atoms with Gasteiger partial charge in [0, 0.05) is 18.1 Å². The van der Waals surface area contributed by atoms with Crippen LogP contribution in [-0.4, -0.2) is 48.2 Å². The number of benzene rings is 1. The van der Waals surface area contributed by atoms with Crippen LogP contribution in [0.3, 0.4) is 0 Å². The number of aliphatic carboxylic acids is 1. The van der Waals surface area contributed by atoms with Crippen molar-refractivity contribution in [2.24, 2.45) is 5.92 Å². The van der Waals surface area contributed by atoms with Crippen molar-refractivity contribution in [1.82, 2.24) is 10.2 Å². The summed E-state index contributed by atoms with van der Waals surface area (Å²) in [6.07, 6.45) is 0.935. The number of piperidine rings is 1. The van der Waals surface area contributed by atoms with E-state index in [1.165, 1.54) is 12.1 Å². The molecule has 1 aromatic carbocycles. The van der Waals surface area contributed by atoms with Gasteiger partial charge in [-0.1, -0.05) is 34.8 Å². The van der Waals surface area contributed by atoms with Crippen LogP contribution in [-0.2, 0) is 4.79 Å². The number of hydrogen-bond acceptors (Lipinski definition) is 3. The van der Waals surface area contributed by atoms with Gasteiger partial charge in [-0.05, 0) is 25.0 Å². The predicted octanol–water partition coefficient (Wildman–Crippen LogP) is 3.53. The molecule has 0 aliphatic carbocycles. The Bertz CT molecular complexity index is 596. The van der Waals surface area contributed by atoms with Crippen LogP contribution in [0.2, 0.25) is 15.1 Å². The van der Waals surface area contributed by atoms with Gasteiger partial charge in [0.05, 0.1) is 22.5 Å². The number of likely N-dealkylation sites (tertiary alicyclic amines) is 1. The number of carboxylic acid groups (broad SMARTS) is 1. The topological polar surface area (TPSA) is 78.9 Å². The molecule has 9 heteroatoms. The number of carbonyl (C=O) groups excluding carboxylic acids is 1. The molecule has 0 atom stereocenters. The average molecular weight is 396 g/mol. The first-order valence-electron chi connectivity index (χ1n) is 7.41. The summed E-state index contributed by atoms with van der Waals surface area (Å²) in [6, 6.07) is 2.81. The second-order valence-corrected chi connectivity index (χ2v) is 6.63. The first-order valence-corrected chi connectivity index (χ1v) is 8.54. The van der Waals surface area contributed by atoms with Crippen molar-refractivity contribution >= 4 is 46.8 Å². The number of rotatable bonds is 5. The zero-order valence-corrected chi connectivity index (χ0v) is 15.0. The molecule has 2 N–H and O–H groups in total. The summed E-state index contributed by atoms with van der Waals surface area (Å²) in [5, 5.41) is 12.7. The summed E-state index contributed by atoms with van der Waals surface area (Å²) in [5.41, 5.74) is 0. The Labute approximate surface area is 154 Å². The van der Waals surface area contributed by atoms with Crippen molar-refractivity contribution in [1.29, 1.82) is 0 Å². The van der Waals surface area contributed by atoms with Crippen LogP contribution >= 0.6 is 34.8 Å². The lowest BCUT2D eigenvalue weighted by molar-refractivity contribution is -0.143. The Hall–Kier alpha value is -1.37. The molecule has 6 nitrogen and oxygen atoms in total. The third kappa shape index (κ3) is 5.06. The van der Waals surface area contributed by atoms with Crippen LogP contribution in [0.1, 0.15) is 12.8 Å². The highest BCUT2D eigenvalue weighted by Crippen LogP contribution is 2.35. The van der Waals surface area contributed by atoms with E-state index >= 15 is 0 Å². The Morgan fingerprint density at radius 1 is 1.21 bits per heavy atom. The van der Waals surface area contributed by atoms with Gasteiger partial charge in [-0.15, -0.1) is 0 Å². The minimum atomic E-state index is -0.805. The Balaban J connectivity index is 1.73. The van der Waals surface area contributed by atoms with Crippen molar-refractivity contribution in [3.8, 4) is 5.75 Å². The molecular weight excluding hydrogens is 379 g/mol. The molecule has 2 amide bonds. The first-order chi connectivity index (χ1) is 11.4. The number of amides is 2. The normalized spacial score (nSPS) is 15.2. The number of urea groups is 1. The van der Waals surface area contributed by atoms with Gasteiger partial charge >= 0.3 is 12.0 Å². The second-order valence-electron chi connectivity index (χ2n) is 5.38. The van der Waals surface area contributed by atoms with Crippen molar-refractivity contribution in [2.75, 3.05) is 26.2 Å². The molecule has 1 fully saturated rings. The van der Waals surface area contributed by atoms with E-state index in [-0.39, 0.29) is 25.1 Å². The number of nitrogens with one attached hydrogen (secondary N) is 1. The third-order valence-corrected chi connectivity index (χ3v) is 4.50. The van der Waals surface area contributed by atoms with Gasteiger partial charge in [0.25, 0.3) is 0 Å². The molecule has 2 rings (SSSR count). The van der Waals surface area contributed by atoms with Crippen molar-refractivity contribution in [3.05, 3.63) is 27.2 Å². The number of carboxylic acids is 1. The Morgan fingerprint density at radius 3 is 2.33 bits per heavy atom. The summed E-state index contributed by atoms with van der Waals surface area (Å²) in [7, 11) is 0.